The van der Waals surface area contributed by atoms with E-state index in [-0.39, 0.29) is 35.9 Å². The van der Waals surface area contributed by atoms with Crippen molar-refractivity contribution < 1.29 is 14.3 Å². The topological polar surface area (TPSA) is 98.0 Å². The van der Waals surface area contributed by atoms with Gasteiger partial charge in [0.2, 0.25) is 0 Å². The normalized spacial score (nSPS) is 12.0. The zero-order chi connectivity index (χ0) is 16.4. The Balaban J connectivity index is 0.00000484. The average Bonchev–Trinajstić information content (AvgIpc) is 2.51. The van der Waals surface area contributed by atoms with Crippen LogP contribution in [0, 0.1) is 0 Å². The Morgan fingerprint density at radius 1 is 1.39 bits per heavy atom. The van der Waals surface area contributed by atoms with Gasteiger partial charge in [-0.3, -0.25) is 9.79 Å². The largest absolute Gasteiger partial charge is 0.497 e. The number of nitrogens with zero attached hydrogens (tertiary/aromatic N) is 1. The van der Waals surface area contributed by atoms with Gasteiger partial charge < -0.3 is 25.8 Å². The van der Waals surface area contributed by atoms with Gasteiger partial charge in [-0.15, -0.1) is 24.0 Å². The fraction of sp³-hybridized carbons (Fsp3) is 0.467. The van der Waals surface area contributed by atoms with Crippen LogP contribution in [0.4, 0.5) is 0 Å². The van der Waals surface area contributed by atoms with Crippen molar-refractivity contribution in [1.82, 2.24) is 10.6 Å². The molecule has 130 valence electrons. The van der Waals surface area contributed by atoms with Crippen LogP contribution in [0.1, 0.15) is 17.3 Å². The number of aliphatic imine (C=N–C) groups is 1. The van der Waals surface area contributed by atoms with Crippen LogP contribution in [0.3, 0.4) is 0 Å². The minimum Gasteiger partial charge on any atom is -0.497 e. The molecule has 1 unspecified atom stereocenters. The van der Waals surface area contributed by atoms with Crippen LogP contribution in [0.2, 0.25) is 0 Å². The minimum atomic E-state index is -0.173. The molecule has 1 aromatic rings. The van der Waals surface area contributed by atoms with Crippen molar-refractivity contribution in [2.24, 2.45) is 10.7 Å². The number of hydrogen-bond acceptors (Lipinski definition) is 4. The summed E-state index contributed by atoms with van der Waals surface area (Å²) in [4.78, 5) is 16.1. The third-order valence-electron chi connectivity index (χ3n) is 2.82. The molecule has 1 aromatic carbocycles. The summed E-state index contributed by atoms with van der Waals surface area (Å²) < 4.78 is 10.1. The first-order valence-electron chi connectivity index (χ1n) is 7.04. The van der Waals surface area contributed by atoms with Gasteiger partial charge in [0.25, 0.3) is 5.91 Å². The number of benzene rings is 1. The third-order valence-corrected chi connectivity index (χ3v) is 2.82. The predicted octanol–water partition coefficient (Wildman–Crippen LogP) is 0.982. The van der Waals surface area contributed by atoms with Gasteiger partial charge in [0.1, 0.15) is 5.75 Å². The molecule has 1 atom stereocenters. The molecule has 0 bridgehead atoms. The van der Waals surface area contributed by atoms with Gasteiger partial charge in [-0.05, 0) is 25.1 Å². The first-order valence-corrected chi connectivity index (χ1v) is 7.04. The van der Waals surface area contributed by atoms with Crippen molar-refractivity contribution in [2.75, 3.05) is 33.9 Å². The summed E-state index contributed by atoms with van der Waals surface area (Å²) in [5.41, 5.74) is 6.27. The molecule has 0 aliphatic heterocycles. The maximum absolute atomic E-state index is 11.9. The van der Waals surface area contributed by atoms with E-state index < -0.39 is 0 Å². The number of nitrogens with two attached hydrogens (primary N) is 1. The number of amides is 1. The smallest absolute Gasteiger partial charge is 0.251 e. The predicted molar refractivity (Wildman–Crippen MR) is 102 cm³/mol. The number of ether oxygens (including phenoxy) is 2. The van der Waals surface area contributed by atoms with Gasteiger partial charge in [0.15, 0.2) is 5.96 Å². The molecule has 0 aliphatic carbocycles. The van der Waals surface area contributed by atoms with Crippen molar-refractivity contribution in [3.8, 4) is 5.75 Å². The van der Waals surface area contributed by atoms with Gasteiger partial charge in [-0.25, -0.2) is 0 Å². The van der Waals surface area contributed by atoms with E-state index in [9.17, 15) is 4.79 Å². The van der Waals surface area contributed by atoms with E-state index in [0.29, 0.717) is 37.0 Å². The molecule has 0 aliphatic rings. The van der Waals surface area contributed by atoms with Crippen LogP contribution in [0.15, 0.2) is 29.3 Å². The van der Waals surface area contributed by atoms with Crippen LogP contribution in [0.5, 0.6) is 5.75 Å². The Morgan fingerprint density at radius 2 is 2.13 bits per heavy atom. The highest BCUT2D eigenvalue weighted by Crippen LogP contribution is 2.12. The summed E-state index contributed by atoms with van der Waals surface area (Å²) in [7, 11) is 3.19. The zero-order valence-corrected chi connectivity index (χ0v) is 16.0. The summed E-state index contributed by atoms with van der Waals surface area (Å²) in [5.74, 6) is 0.805. The van der Waals surface area contributed by atoms with E-state index in [1.54, 1.807) is 38.5 Å². The Morgan fingerprint density at radius 3 is 2.78 bits per heavy atom. The lowest BCUT2D eigenvalue weighted by molar-refractivity contribution is 0.0954. The lowest BCUT2D eigenvalue weighted by Crippen LogP contribution is -2.41. The molecule has 0 radical (unpaired) electrons. The van der Waals surface area contributed by atoms with Gasteiger partial charge >= 0.3 is 0 Å². The Hall–Kier alpha value is -1.55. The highest BCUT2D eigenvalue weighted by molar-refractivity contribution is 14.0. The fourth-order valence-corrected chi connectivity index (χ4v) is 1.80. The second-order valence-electron chi connectivity index (χ2n) is 4.76. The first-order chi connectivity index (χ1) is 10.6. The molecule has 4 N–H and O–H groups in total. The van der Waals surface area contributed by atoms with Crippen molar-refractivity contribution >= 4 is 35.8 Å². The zero-order valence-electron chi connectivity index (χ0n) is 13.7. The molecular weight excluding hydrogens is 411 g/mol. The van der Waals surface area contributed by atoms with Gasteiger partial charge in [0, 0.05) is 25.3 Å². The summed E-state index contributed by atoms with van der Waals surface area (Å²) in [6.45, 7) is 3.28. The number of methoxy groups -OCH3 is 2. The summed E-state index contributed by atoms with van der Waals surface area (Å²) in [6.07, 6.45) is 0. The molecular formula is C15H25IN4O3. The standard InChI is InChI=1S/C15H24N4O3.HI/c1-11(10-21-2)19-15(16)18-8-7-17-14(20)12-5-4-6-13(9-12)22-3;/h4-6,9,11H,7-8,10H2,1-3H3,(H,17,20)(H3,16,18,19);1H. The van der Waals surface area contributed by atoms with Crippen LogP contribution < -0.4 is 21.1 Å². The number of halogens is 1. The van der Waals surface area contributed by atoms with E-state index in [2.05, 4.69) is 15.6 Å². The molecule has 0 heterocycles. The second kappa shape index (κ2) is 11.9. The maximum atomic E-state index is 11.9. The SMILES string of the molecule is COCC(C)NC(N)=NCCNC(=O)c1cccc(OC)c1.I. The fourth-order valence-electron chi connectivity index (χ4n) is 1.80. The number of guanidine groups is 1. The molecule has 0 saturated carbocycles. The highest BCUT2D eigenvalue weighted by atomic mass is 127. The Kier molecular flexibility index (Phi) is 11.1. The molecule has 1 rings (SSSR count). The highest BCUT2D eigenvalue weighted by Gasteiger charge is 2.05. The number of nitrogens with one attached hydrogen (secondary N) is 2. The number of carbonyl (C=O) groups is 1. The maximum Gasteiger partial charge on any atom is 0.251 e. The Labute approximate surface area is 154 Å². The molecule has 8 heteroatoms. The molecule has 0 fully saturated rings. The first kappa shape index (κ1) is 21.4. The van der Waals surface area contributed by atoms with Gasteiger partial charge in [0.05, 0.1) is 20.3 Å². The molecule has 0 spiro atoms. The van der Waals surface area contributed by atoms with Crippen LogP contribution in [-0.4, -0.2) is 51.8 Å². The second-order valence-corrected chi connectivity index (χ2v) is 4.76. The molecule has 0 aromatic heterocycles. The molecule has 0 saturated heterocycles. The van der Waals surface area contributed by atoms with Crippen molar-refractivity contribution in [2.45, 2.75) is 13.0 Å². The molecule has 23 heavy (non-hydrogen) atoms. The van der Waals surface area contributed by atoms with Crippen molar-refractivity contribution in [3.63, 3.8) is 0 Å². The average molecular weight is 436 g/mol. The lowest BCUT2D eigenvalue weighted by Gasteiger charge is -2.13. The van der Waals surface area contributed by atoms with E-state index in [1.807, 2.05) is 6.92 Å². The van der Waals surface area contributed by atoms with Crippen LogP contribution in [0.25, 0.3) is 0 Å². The van der Waals surface area contributed by atoms with E-state index in [0.717, 1.165) is 0 Å². The van der Waals surface area contributed by atoms with E-state index in [1.165, 1.54) is 0 Å². The monoisotopic (exact) mass is 436 g/mol. The van der Waals surface area contributed by atoms with Crippen molar-refractivity contribution in [3.05, 3.63) is 29.8 Å². The number of hydrogen-bond donors (Lipinski definition) is 3. The van der Waals surface area contributed by atoms with Crippen LogP contribution >= 0.6 is 24.0 Å². The number of carbonyl (C=O) groups excluding carboxylic acids is 1. The summed E-state index contributed by atoms with van der Waals surface area (Å²) >= 11 is 0. The Bertz CT molecular complexity index is 511. The minimum absolute atomic E-state index is 0. The molecule has 7 nitrogen and oxygen atoms in total. The van der Waals surface area contributed by atoms with E-state index in [4.69, 9.17) is 15.2 Å². The quantitative estimate of drug-likeness (QED) is 0.244. The van der Waals surface area contributed by atoms with Crippen LogP contribution in [-0.2, 0) is 4.74 Å². The van der Waals surface area contributed by atoms with Gasteiger partial charge in [-0.1, -0.05) is 6.07 Å². The van der Waals surface area contributed by atoms with Crippen molar-refractivity contribution in [1.29, 1.82) is 0 Å². The van der Waals surface area contributed by atoms with Gasteiger partial charge in [-0.2, -0.15) is 0 Å². The van der Waals surface area contributed by atoms with E-state index >= 15 is 0 Å². The molecule has 1 amide bonds. The summed E-state index contributed by atoms with van der Waals surface area (Å²) in [6, 6.07) is 7.05. The number of rotatable bonds is 8. The lowest BCUT2D eigenvalue weighted by atomic mass is 10.2. The third kappa shape index (κ3) is 8.60. The summed E-state index contributed by atoms with van der Waals surface area (Å²) in [5, 5.41) is 5.76.